The monoisotopic (exact) mass is 429 g/mol. The number of rotatable bonds is 2. The van der Waals surface area contributed by atoms with Gasteiger partial charge in [-0.25, -0.2) is 4.99 Å². The van der Waals surface area contributed by atoms with Crippen molar-refractivity contribution in [3.8, 4) is 0 Å². The van der Waals surface area contributed by atoms with Crippen molar-refractivity contribution in [3.63, 3.8) is 0 Å². The number of carbonyl (C=O) groups is 2. The Hall–Kier alpha value is -2.38. The number of benzene rings is 2. The molecule has 2 aliphatic heterocycles. The highest BCUT2D eigenvalue weighted by Gasteiger charge is 2.45. The van der Waals surface area contributed by atoms with E-state index < -0.39 is 10.2 Å². The van der Waals surface area contributed by atoms with Crippen LogP contribution in [0.25, 0.3) is 0 Å². The molecule has 0 aromatic heterocycles. The van der Waals surface area contributed by atoms with Crippen LogP contribution in [0.3, 0.4) is 0 Å². The van der Waals surface area contributed by atoms with Crippen molar-refractivity contribution >= 4 is 43.1 Å². The van der Waals surface area contributed by atoms with E-state index in [0.717, 1.165) is 14.9 Å². The molecule has 26 heavy (non-hydrogen) atoms. The molecule has 0 saturated carbocycles. The molecule has 0 aliphatic carbocycles. The predicted molar refractivity (Wildman–Crippen MR) is 107 cm³/mol. The Kier molecular flexibility index (Phi) is 4.20. The standard InChI is InChI=1S/C19H16BrN3O2S/c1-13(24)22-19-21-9-10-26(19,16-5-3-2-4-6-16)23-12-14-7-8-15(20)11-17(14)18(23)25/h2-11H,12H2,1H3,(H,21,22,24). The second-order valence-electron chi connectivity index (χ2n) is 5.98. The van der Waals surface area contributed by atoms with Crippen LogP contribution in [0.4, 0.5) is 0 Å². The second kappa shape index (κ2) is 6.41. The van der Waals surface area contributed by atoms with Crippen LogP contribution in [0.15, 0.2) is 74.5 Å². The fourth-order valence-electron chi connectivity index (χ4n) is 3.19. The Bertz CT molecular complexity index is 974. The average Bonchev–Trinajstić information content (AvgIpc) is 3.18. The van der Waals surface area contributed by atoms with Crippen molar-refractivity contribution in [2.45, 2.75) is 18.4 Å². The van der Waals surface area contributed by atoms with Crippen LogP contribution in [0.2, 0.25) is 0 Å². The van der Waals surface area contributed by atoms with Gasteiger partial charge in [0.2, 0.25) is 5.91 Å². The number of nitrogens with one attached hydrogen (secondary N) is 1. The Labute approximate surface area is 161 Å². The van der Waals surface area contributed by atoms with Gasteiger partial charge in [-0.1, -0.05) is 50.4 Å². The zero-order valence-corrected chi connectivity index (χ0v) is 16.4. The molecular formula is C19H16BrN3O2S. The van der Waals surface area contributed by atoms with E-state index in [1.54, 1.807) is 6.20 Å². The lowest BCUT2D eigenvalue weighted by Gasteiger charge is -2.43. The summed E-state index contributed by atoms with van der Waals surface area (Å²) in [5, 5.41) is 5.32. The highest BCUT2D eigenvalue weighted by atomic mass is 79.9. The lowest BCUT2D eigenvalue weighted by atomic mass is 10.1. The molecule has 2 heterocycles. The minimum Gasteiger partial charge on any atom is -0.305 e. The van der Waals surface area contributed by atoms with Crippen LogP contribution in [0, 0.1) is 0 Å². The zero-order valence-electron chi connectivity index (χ0n) is 14.0. The largest absolute Gasteiger partial charge is 0.305 e. The van der Waals surface area contributed by atoms with E-state index in [1.807, 2.05) is 58.2 Å². The van der Waals surface area contributed by atoms with E-state index in [1.165, 1.54) is 6.92 Å². The molecule has 5 nitrogen and oxygen atoms in total. The number of hydrogen-bond donors (Lipinski definition) is 1. The third-order valence-electron chi connectivity index (χ3n) is 4.32. The smallest absolute Gasteiger partial charge is 0.264 e. The van der Waals surface area contributed by atoms with Gasteiger partial charge in [0.1, 0.15) is 0 Å². The summed E-state index contributed by atoms with van der Waals surface area (Å²) < 4.78 is 2.71. The number of amides is 2. The van der Waals surface area contributed by atoms with Gasteiger partial charge in [-0.3, -0.25) is 13.9 Å². The summed E-state index contributed by atoms with van der Waals surface area (Å²) in [5.74, 6) is -0.253. The summed E-state index contributed by atoms with van der Waals surface area (Å²) in [5.41, 5.74) is 1.66. The van der Waals surface area contributed by atoms with E-state index in [4.69, 9.17) is 0 Å². The van der Waals surface area contributed by atoms with Crippen LogP contribution in [0.5, 0.6) is 0 Å². The Balaban J connectivity index is 1.86. The lowest BCUT2D eigenvalue weighted by Crippen LogP contribution is -2.39. The van der Waals surface area contributed by atoms with Crippen LogP contribution in [0.1, 0.15) is 22.8 Å². The van der Waals surface area contributed by atoms with Gasteiger partial charge in [-0.15, -0.1) is 0 Å². The second-order valence-corrected chi connectivity index (χ2v) is 9.72. The molecule has 1 N–H and O–H groups in total. The highest BCUT2D eigenvalue weighted by molar-refractivity contribution is 9.10. The fraction of sp³-hybridized carbons (Fsp3) is 0.105. The number of amidine groups is 1. The van der Waals surface area contributed by atoms with Crippen molar-refractivity contribution in [2.24, 2.45) is 4.99 Å². The topological polar surface area (TPSA) is 61.8 Å². The van der Waals surface area contributed by atoms with Crippen LogP contribution in [-0.2, 0) is 11.3 Å². The number of nitrogens with zero attached hydrogens (tertiary/aromatic N) is 2. The maximum absolute atomic E-state index is 13.3. The Morgan fingerprint density at radius 2 is 2.00 bits per heavy atom. The summed E-state index contributed by atoms with van der Waals surface area (Å²) in [7, 11) is -2.08. The van der Waals surface area contributed by atoms with Gasteiger partial charge in [0, 0.05) is 33.5 Å². The predicted octanol–water partition coefficient (Wildman–Crippen LogP) is 4.16. The third kappa shape index (κ3) is 2.59. The molecule has 0 bridgehead atoms. The van der Waals surface area contributed by atoms with Crippen molar-refractivity contribution in [1.29, 1.82) is 0 Å². The van der Waals surface area contributed by atoms with Crippen LogP contribution < -0.4 is 5.32 Å². The Morgan fingerprint density at radius 1 is 1.23 bits per heavy atom. The van der Waals surface area contributed by atoms with Crippen molar-refractivity contribution in [1.82, 2.24) is 9.62 Å². The molecule has 2 aromatic rings. The maximum atomic E-state index is 13.3. The molecule has 0 saturated heterocycles. The first-order valence-electron chi connectivity index (χ1n) is 8.03. The molecule has 7 heteroatoms. The van der Waals surface area contributed by atoms with E-state index >= 15 is 0 Å². The summed E-state index contributed by atoms with van der Waals surface area (Å²) in [6.45, 7) is 1.93. The molecule has 0 spiro atoms. The molecule has 1 unspecified atom stereocenters. The first kappa shape index (κ1) is 17.1. The maximum Gasteiger partial charge on any atom is 0.264 e. The summed E-state index contributed by atoms with van der Waals surface area (Å²) in [6.07, 6.45) is 1.68. The average molecular weight is 430 g/mol. The summed E-state index contributed by atoms with van der Waals surface area (Å²) >= 11 is 3.44. The van der Waals surface area contributed by atoms with Crippen molar-refractivity contribution < 1.29 is 9.59 Å². The molecule has 2 amide bonds. The van der Waals surface area contributed by atoms with Gasteiger partial charge in [0.05, 0.1) is 6.54 Å². The quantitative estimate of drug-likeness (QED) is 0.778. The van der Waals surface area contributed by atoms with Crippen molar-refractivity contribution in [2.75, 3.05) is 0 Å². The van der Waals surface area contributed by atoms with Gasteiger partial charge in [-0.05, 0) is 29.8 Å². The van der Waals surface area contributed by atoms with E-state index in [2.05, 4.69) is 26.2 Å². The summed E-state index contributed by atoms with van der Waals surface area (Å²) in [4.78, 5) is 30.4. The zero-order chi connectivity index (χ0) is 18.3. The molecular weight excluding hydrogens is 414 g/mol. The van der Waals surface area contributed by atoms with Gasteiger partial charge in [0.15, 0.2) is 5.17 Å². The van der Waals surface area contributed by atoms with Gasteiger partial charge < -0.3 is 5.32 Å². The molecule has 2 aliphatic rings. The van der Waals surface area contributed by atoms with E-state index in [0.29, 0.717) is 17.3 Å². The van der Waals surface area contributed by atoms with Crippen LogP contribution >= 0.6 is 26.1 Å². The van der Waals surface area contributed by atoms with Gasteiger partial charge >= 0.3 is 0 Å². The third-order valence-corrected chi connectivity index (χ3v) is 8.11. The number of halogens is 1. The first-order valence-corrected chi connectivity index (χ1v) is 10.5. The van der Waals surface area contributed by atoms with Gasteiger partial charge in [-0.2, -0.15) is 0 Å². The molecule has 2 aromatic carbocycles. The minimum atomic E-state index is -2.08. The molecule has 0 fully saturated rings. The molecule has 0 radical (unpaired) electrons. The summed E-state index contributed by atoms with van der Waals surface area (Å²) in [6, 6.07) is 15.5. The van der Waals surface area contributed by atoms with E-state index in [-0.39, 0.29) is 11.8 Å². The number of hydrogen-bond acceptors (Lipinski definition) is 3. The van der Waals surface area contributed by atoms with E-state index in [9.17, 15) is 9.59 Å². The molecule has 1 atom stereocenters. The Morgan fingerprint density at radius 3 is 2.73 bits per heavy atom. The van der Waals surface area contributed by atoms with Crippen LogP contribution in [-0.4, -0.2) is 21.3 Å². The van der Waals surface area contributed by atoms with Gasteiger partial charge in [0.25, 0.3) is 5.91 Å². The SMILES string of the molecule is CC(=O)NC1=NC=CS1(c1ccccc1)N1Cc2ccc(Br)cc2C1=O. The number of aliphatic imine (C=N–C) groups is 1. The van der Waals surface area contributed by atoms with Crippen molar-refractivity contribution in [3.05, 3.63) is 75.7 Å². The number of fused-ring (bicyclic) bond motifs is 1. The minimum absolute atomic E-state index is 0.0512. The normalized spacial score (nSPS) is 23.4. The lowest BCUT2D eigenvalue weighted by molar-refractivity contribution is -0.117. The molecule has 132 valence electrons. The number of carbonyl (C=O) groups excluding carboxylic acids is 2. The molecule has 4 rings (SSSR count). The first-order chi connectivity index (χ1) is 12.5. The fourth-order valence-corrected chi connectivity index (χ4v) is 6.71. The highest BCUT2D eigenvalue weighted by Crippen LogP contribution is 2.64.